The summed E-state index contributed by atoms with van der Waals surface area (Å²) in [5, 5.41) is 2.92. The van der Waals surface area contributed by atoms with Gasteiger partial charge in [0.25, 0.3) is 5.56 Å². The van der Waals surface area contributed by atoms with E-state index in [1.165, 1.54) is 0 Å². The Morgan fingerprint density at radius 1 is 0.913 bits per heavy atom. The molecule has 0 saturated heterocycles. The maximum atomic E-state index is 12.5. The average molecular weight is 301 g/mol. The van der Waals surface area contributed by atoms with Crippen molar-refractivity contribution in [1.82, 2.24) is 14.6 Å². The summed E-state index contributed by atoms with van der Waals surface area (Å²) >= 11 is 0. The monoisotopic (exact) mass is 301 g/mol. The molecule has 0 aliphatic carbocycles. The number of aromatic amines is 1. The standard InChI is InChI=1S/C19H15N3O/c1-13-12-16(14-8-4-2-5-9-14)22-18(20-13)17(19(23)21-22)15-10-6-3-7-11-15/h2-12H,1H3,(H,21,23). The first-order chi connectivity index (χ1) is 11.2. The van der Waals surface area contributed by atoms with Crippen LogP contribution in [0.25, 0.3) is 28.0 Å². The number of rotatable bonds is 2. The lowest BCUT2D eigenvalue weighted by Crippen LogP contribution is -2.03. The topological polar surface area (TPSA) is 50.2 Å². The summed E-state index contributed by atoms with van der Waals surface area (Å²) < 4.78 is 1.77. The molecule has 0 aliphatic rings. The lowest BCUT2D eigenvalue weighted by atomic mass is 10.1. The van der Waals surface area contributed by atoms with Gasteiger partial charge in [-0.3, -0.25) is 9.89 Å². The predicted octanol–water partition coefficient (Wildman–Crippen LogP) is 3.67. The van der Waals surface area contributed by atoms with Crippen molar-refractivity contribution in [2.24, 2.45) is 0 Å². The Hall–Kier alpha value is -3.14. The van der Waals surface area contributed by atoms with Gasteiger partial charge in [-0.25, -0.2) is 9.50 Å². The minimum atomic E-state index is -0.133. The van der Waals surface area contributed by atoms with E-state index in [4.69, 9.17) is 0 Å². The largest absolute Gasteiger partial charge is 0.274 e. The lowest BCUT2D eigenvalue weighted by Gasteiger charge is -2.07. The van der Waals surface area contributed by atoms with Crippen LogP contribution in [0.3, 0.4) is 0 Å². The van der Waals surface area contributed by atoms with Crippen LogP contribution in [0.15, 0.2) is 71.5 Å². The van der Waals surface area contributed by atoms with E-state index in [1.54, 1.807) is 4.52 Å². The Labute approximate surface area is 133 Å². The number of nitrogens with zero attached hydrogens (tertiary/aromatic N) is 2. The molecule has 0 spiro atoms. The molecule has 0 bridgehead atoms. The van der Waals surface area contributed by atoms with Gasteiger partial charge >= 0.3 is 0 Å². The van der Waals surface area contributed by atoms with Gasteiger partial charge in [0.15, 0.2) is 5.65 Å². The fraction of sp³-hybridized carbons (Fsp3) is 0.0526. The highest BCUT2D eigenvalue weighted by molar-refractivity contribution is 5.79. The third kappa shape index (κ3) is 2.25. The van der Waals surface area contributed by atoms with Crippen LogP contribution >= 0.6 is 0 Å². The van der Waals surface area contributed by atoms with Gasteiger partial charge in [0.2, 0.25) is 0 Å². The molecular formula is C19H15N3O. The quantitative estimate of drug-likeness (QED) is 0.614. The first kappa shape index (κ1) is 13.5. The zero-order valence-corrected chi connectivity index (χ0v) is 12.7. The van der Waals surface area contributed by atoms with E-state index in [-0.39, 0.29) is 5.56 Å². The van der Waals surface area contributed by atoms with Crippen LogP contribution < -0.4 is 5.56 Å². The molecule has 0 aliphatic heterocycles. The Bertz CT molecular complexity index is 1030. The zero-order chi connectivity index (χ0) is 15.8. The minimum Gasteiger partial charge on any atom is -0.267 e. The molecule has 4 heteroatoms. The second-order valence-electron chi connectivity index (χ2n) is 5.49. The summed E-state index contributed by atoms with van der Waals surface area (Å²) in [6.07, 6.45) is 0. The molecule has 0 radical (unpaired) electrons. The Morgan fingerprint density at radius 3 is 2.17 bits per heavy atom. The minimum absolute atomic E-state index is 0.133. The van der Waals surface area contributed by atoms with Crippen molar-refractivity contribution in [3.63, 3.8) is 0 Å². The van der Waals surface area contributed by atoms with Crippen LogP contribution in [0.4, 0.5) is 0 Å². The SMILES string of the molecule is Cc1cc(-c2ccccc2)n2[nH]c(=O)c(-c3ccccc3)c2n1. The number of fused-ring (bicyclic) bond motifs is 1. The van der Waals surface area contributed by atoms with Crippen molar-refractivity contribution < 1.29 is 0 Å². The van der Waals surface area contributed by atoms with Gasteiger partial charge in [-0.2, -0.15) is 0 Å². The number of hydrogen-bond acceptors (Lipinski definition) is 2. The summed E-state index contributed by atoms with van der Waals surface area (Å²) in [5.74, 6) is 0. The van der Waals surface area contributed by atoms with Crippen molar-refractivity contribution in [3.05, 3.63) is 82.8 Å². The van der Waals surface area contributed by atoms with Gasteiger partial charge in [-0.05, 0) is 18.6 Å². The third-order valence-electron chi connectivity index (χ3n) is 3.88. The van der Waals surface area contributed by atoms with Crippen molar-refractivity contribution in [3.8, 4) is 22.4 Å². The molecule has 4 rings (SSSR count). The van der Waals surface area contributed by atoms with E-state index >= 15 is 0 Å². The molecule has 0 fully saturated rings. The molecule has 4 nitrogen and oxygen atoms in total. The van der Waals surface area contributed by atoms with Gasteiger partial charge in [-0.1, -0.05) is 60.7 Å². The van der Waals surface area contributed by atoms with Crippen LogP contribution in [0.2, 0.25) is 0 Å². The lowest BCUT2D eigenvalue weighted by molar-refractivity contribution is 0.920. The van der Waals surface area contributed by atoms with Crippen molar-refractivity contribution in [1.29, 1.82) is 0 Å². The number of nitrogens with one attached hydrogen (secondary N) is 1. The number of aryl methyl sites for hydroxylation is 1. The molecule has 0 unspecified atom stereocenters. The second kappa shape index (κ2) is 5.25. The van der Waals surface area contributed by atoms with E-state index in [1.807, 2.05) is 73.7 Å². The summed E-state index contributed by atoms with van der Waals surface area (Å²) in [7, 11) is 0. The second-order valence-corrected chi connectivity index (χ2v) is 5.49. The number of hydrogen-bond donors (Lipinski definition) is 1. The van der Waals surface area contributed by atoms with E-state index in [2.05, 4.69) is 10.1 Å². The smallest absolute Gasteiger partial charge is 0.267 e. The van der Waals surface area contributed by atoms with Crippen molar-refractivity contribution >= 4 is 5.65 Å². The summed E-state index contributed by atoms with van der Waals surface area (Å²) in [6.45, 7) is 1.94. The molecule has 2 aromatic heterocycles. The van der Waals surface area contributed by atoms with Crippen molar-refractivity contribution in [2.75, 3.05) is 0 Å². The molecule has 4 aromatic rings. The highest BCUT2D eigenvalue weighted by Crippen LogP contribution is 2.25. The molecule has 0 atom stereocenters. The summed E-state index contributed by atoms with van der Waals surface area (Å²) in [5.41, 5.74) is 4.83. The molecule has 0 amide bonds. The van der Waals surface area contributed by atoms with Gasteiger partial charge in [0.1, 0.15) is 0 Å². The fourth-order valence-electron chi connectivity index (χ4n) is 2.85. The van der Waals surface area contributed by atoms with Gasteiger partial charge < -0.3 is 0 Å². The summed E-state index contributed by atoms with van der Waals surface area (Å²) in [4.78, 5) is 17.1. The highest BCUT2D eigenvalue weighted by Gasteiger charge is 2.16. The predicted molar refractivity (Wildman–Crippen MR) is 91.4 cm³/mol. The highest BCUT2D eigenvalue weighted by atomic mass is 16.1. The first-order valence-electron chi connectivity index (χ1n) is 7.47. The van der Waals surface area contributed by atoms with E-state index in [0.29, 0.717) is 11.2 Å². The first-order valence-corrected chi connectivity index (χ1v) is 7.47. The third-order valence-corrected chi connectivity index (χ3v) is 3.88. The van der Waals surface area contributed by atoms with E-state index in [0.717, 1.165) is 22.5 Å². The fourth-order valence-corrected chi connectivity index (χ4v) is 2.85. The van der Waals surface area contributed by atoms with Crippen LogP contribution in [0, 0.1) is 6.92 Å². The number of benzene rings is 2. The van der Waals surface area contributed by atoms with Crippen LogP contribution in [0.5, 0.6) is 0 Å². The van der Waals surface area contributed by atoms with Crippen molar-refractivity contribution in [2.45, 2.75) is 6.92 Å². The molecule has 23 heavy (non-hydrogen) atoms. The van der Waals surface area contributed by atoms with E-state index in [9.17, 15) is 4.79 Å². The molecular weight excluding hydrogens is 286 g/mol. The van der Waals surface area contributed by atoms with Gasteiger partial charge in [-0.15, -0.1) is 0 Å². The Kier molecular flexibility index (Phi) is 3.08. The molecule has 2 heterocycles. The Morgan fingerprint density at radius 2 is 1.52 bits per heavy atom. The average Bonchev–Trinajstić information content (AvgIpc) is 2.91. The van der Waals surface area contributed by atoms with Crippen LogP contribution in [-0.4, -0.2) is 14.6 Å². The zero-order valence-electron chi connectivity index (χ0n) is 12.7. The van der Waals surface area contributed by atoms with Gasteiger partial charge in [0, 0.05) is 11.3 Å². The molecule has 2 aromatic carbocycles. The Balaban J connectivity index is 2.08. The number of H-pyrrole nitrogens is 1. The van der Waals surface area contributed by atoms with Gasteiger partial charge in [0.05, 0.1) is 11.3 Å². The molecule has 112 valence electrons. The maximum absolute atomic E-state index is 12.5. The molecule has 0 saturated carbocycles. The van der Waals surface area contributed by atoms with Crippen LogP contribution in [0.1, 0.15) is 5.69 Å². The summed E-state index contributed by atoms with van der Waals surface area (Å²) in [6, 6.07) is 21.6. The number of aromatic nitrogens is 3. The van der Waals surface area contributed by atoms with E-state index < -0.39 is 0 Å². The normalized spacial score (nSPS) is 11.0. The van der Waals surface area contributed by atoms with Crippen LogP contribution in [-0.2, 0) is 0 Å². The molecule has 1 N–H and O–H groups in total. The maximum Gasteiger partial charge on any atom is 0.274 e.